The molecule has 1 aliphatic heterocycles. The van der Waals surface area contributed by atoms with Gasteiger partial charge in [0.2, 0.25) is 5.12 Å². The van der Waals surface area contributed by atoms with E-state index in [-0.39, 0.29) is 15.0 Å². The van der Waals surface area contributed by atoms with Crippen LogP contribution in [0.25, 0.3) is 6.08 Å². The zero-order valence-electron chi connectivity index (χ0n) is 11.3. The summed E-state index contributed by atoms with van der Waals surface area (Å²) in [6.07, 6.45) is 1.54. The highest BCUT2D eigenvalue weighted by molar-refractivity contribution is 8.33. The molecule has 1 saturated heterocycles. The third kappa shape index (κ3) is 3.51. The first-order valence-electron chi connectivity index (χ1n) is 6.29. The molecule has 0 saturated carbocycles. The zero-order chi connectivity index (χ0) is 16.6. The van der Waals surface area contributed by atoms with Gasteiger partial charge < -0.3 is 0 Å². The van der Waals surface area contributed by atoms with Gasteiger partial charge in [-0.25, -0.2) is 0 Å². The van der Waals surface area contributed by atoms with Crippen molar-refractivity contribution in [1.82, 2.24) is 0 Å². The molecule has 0 bridgehead atoms. The van der Waals surface area contributed by atoms with E-state index in [1.165, 1.54) is 16.2 Å². The van der Waals surface area contributed by atoms with Crippen molar-refractivity contribution in [2.75, 3.05) is 4.90 Å². The fourth-order valence-electron chi connectivity index (χ4n) is 1.95. The Morgan fingerprint density at radius 3 is 2.35 bits per heavy atom. The maximum Gasteiger partial charge on any atom is 0.268 e. The lowest BCUT2D eigenvalue weighted by Crippen LogP contribution is -2.41. The molecule has 116 valence electrons. The quantitative estimate of drug-likeness (QED) is 0.403. The highest BCUT2D eigenvalue weighted by Crippen LogP contribution is 2.32. The zero-order valence-corrected chi connectivity index (χ0v) is 15.2. The van der Waals surface area contributed by atoms with Gasteiger partial charge in [-0.3, -0.25) is 14.5 Å². The maximum atomic E-state index is 12.7. The number of hydrogen-bond acceptors (Lipinski definition) is 5. The molecule has 1 fully saturated rings. The Hall–Kier alpha value is -1.18. The Balaban J connectivity index is 2.00. The largest absolute Gasteiger partial charge is 0.281 e. The van der Waals surface area contributed by atoms with E-state index in [0.29, 0.717) is 15.0 Å². The second-order valence-electron chi connectivity index (χ2n) is 4.47. The molecule has 0 aliphatic carbocycles. The van der Waals surface area contributed by atoms with Crippen LogP contribution in [0.1, 0.15) is 4.88 Å². The summed E-state index contributed by atoms with van der Waals surface area (Å²) in [6, 6.07) is 10.2. The molecule has 1 aromatic heterocycles. The summed E-state index contributed by atoms with van der Waals surface area (Å²) in [5, 5.41) is 0.187. The Morgan fingerprint density at radius 1 is 1.04 bits per heavy atom. The van der Waals surface area contributed by atoms with Crippen LogP contribution in [0.3, 0.4) is 0 Å². The van der Waals surface area contributed by atoms with Gasteiger partial charge in [0.25, 0.3) is 5.91 Å². The molecular formula is C15H7Cl2NO2S3. The Bertz CT molecular complexity index is 843. The topological polar surface area (TPSA) is 37.4 Å². The molecule has 3 nitrogen and oxygen atoms in total. The number of nitrogens with zero attached hydrogens (tertiary/aromatic N) is 1. The molecule has 0 unspecified atom stereocenters. The standard InChI is InChI=1S/C15H7Cl2NO2S3/c16-8-1-3-9(4-2-8)18-13(19)11(14(20)23-15(18)21)7-10-5-6-12(17)22-10/h1-7H. The molecule has 2 heterocycles. The summed E-state index contributed by atoms with van der Waals surface area (Å²) in [7, 11) is 0. The first-order valence-corrected chi connectivity index (χ1v) is 9.08. The predicted molar refractivity (Wildman–Crippen MR) is 101 cm³/mol. The summed E-state index contributed by atoms with van der Waals surface area (Å²) in [4.78, 5) is 26.9. The number of hydrogen-bond donors (Lipinski definition) is 0. The lowest BCUT2D eigenvalue weighted by Gasteiger charge is -2.27. The van der Waals surface area contributed by atoms with Crippen molar-refractivity contribution < 1.29 is 9.59 Å². The average molecular weight is 400 g/mol. The fourth-order valence-corrected chi connectivity index (χ4v) is 4.19. The molecule has 0 atom stereocenters. The molecule has 1 aliphatic rings. The van der Waals surface area contributed by atoms with Gasteiger partial charge in [-0.15, -0.1) is 11.3 Å². The summed E-state index contributed by atoms with van der Waals surface area (Å²) in [5.74, 6) is -0.453. The van der Waals surface area contributed by atoms with Crippen LogP contribution in [0.5, 0.6) is 0 Å². The first-order chi connectivity index (χ1) is 11.0. The molecular weight excluding hydrogens is 393 g/mol. The third-order valence-electron chi connectivity index (χ3n) is 2.98. The Labute approximate surface area is 155 Å². The summed E-state index contributed by atoms with van der Waals surface area (Å²) in [6.45, 7) is 0. The molecule has 0 spiro atoms. The van der Waals surface area contributed by atoms with E-state index in [0.717, 1.165) is 16.6 Å². The van der Waals surface area contributed by atoms with E-state index in [1.807, 2.05) is 0 Å². The molecule has 0 N–H and O–H groups in total. The van der Waals surface area contributed by atoms with Crippen LogP contribution in [-0.4, -0.2) is 15.3 Å². The van der Waals surface area contributed by atoms with E-state index >= 15 is 0 Å². The van der Waals surface area contributed by atoms with Crippen molar-refractivity contribution in [2.24, 2.45) is 0 Å². The smallest absolute Gasteiger partial charge is 0.268 e. The average Bonchev–Trinajstić information content (AvgIpc) is 2.91. The van der Waals surface area contributed by atoms with Crippen molar-refractivity contribution in [3.05, 3.63) is 56.2 Å². The number of thiophene rings is 1. The van der Waals surface area contributed by atoms with Crippen LogP contribution in [0.15, 0.2) is 42.0 Å². The van der Waals surface area contributed by atoms with Crippen LogP contribution < -0.4 is 4.90 Å². The first kappa shape index (κ1) is 16.7. The van der Waals surface area contributed by atoms with Crippen LogP contribution in [-0.2, 0) is 9.59 Å². The summed E-state index contributed by atoms with van der Waals surface area (Å²) in [5.41, 5.74) is 0.636. The normalized spacial score (nSPS) is 17.2. The third-order valence-corrected chi connectivity index (χ3v) is 5.61. The number of halogens is 2. The monoisotopic (exact) mass is 399 g/mol. The molecule has 0 radical (unpaired) electrons. The van der Waals surface area contributed by atoms with Crippen molar-refractivity contribution in [1.29, 1.82) is 0 Å². The minimum atomic E-state index is -0.453. The van der Waals surface area contributed by atoms with Gasteiger partial charge in [0, 0.05) is 9.90 Å². The lowest BCUT2D eigenvalue weighted by atomic mass is 10.2. The van der Waals surface area contributed by atoms with Crippen LogP contribution in [0, 0.1) is 0 Å². The highest BCUT2D eigenvalue weighted by atomic mass is 35.5. The van der Waals surface area contributed by atoms with Crippen molar-refractivity contribution in [3.8, 4) is 0 Å². The fraction of sp³-hybridized carbons (Fsp3) is 0. The number of carbonyl (C=O) groups excluding carboxylic acids is 2. The number of benzene rings is 1. The number of carbonyl (C=O) groups is 2. The highest BCUT2D eigenvalue weighted by Gasteiger charge is 2.35. The maximum absolute atomic E-state index is 12.7. The van der Waals surface area contributed by atoms with Gasteiger partial charge in [0.1, 0.15) is 0 Å². The number of amides is 1. The van der Waals surface area contributed by atoms with Gasteiger partial charge in [0.05, 0.1) is 15.6 Å². The van der Waals surface area contributed by atoms with E-state index in [2.05, 4.69) is 0 Å². The molecule has 1 amide bonds. The Morgan fingerprint density at radius 2 is 1.74 bits per heavy atom. The molecule has 3 rings (SSSR count). The lowest BCUT2D eigenvalue weighted by molar-refractivity contribution is -0.117. The molecule has 23 heavy (non-hydrogen) atoms. The van der Waals surface area contributed by atoms with E-state index in [9.17, 15) is 9.59 Å². The van der Waals surface area contributed by atoms with Gasteiger partial charge >= 0.3 is 0 Å². The van der Waals surface area contributed by atoms with Crippen molar-refractivity contribution in [2.45, 2.75) is 0 Å². The van der Waals surface area contributed by atoms with Gasteiger partial charge in [0.15, 0.2) is 4.32 Å². The van der Waals surface area contributed by atoms with E-state index < -0.39 is 5.91 Å². The van der Waals surface area contributed by atoms with Crippen LogP contribution in [0.4, 0.5) is 5.69 Å². The summed E-state index contributed by atoms with van der Waals surface area (Å²) >= 11 is 19.1. The Kier molecular flexibility index (Phi) is 4.89. The van der Waals surface area contributed by atoms with Gasteiger partial charge in [-0.05, 0) is 54.2 Å². The van der Waals surface area contributed by atoms with Gasteiger partial charge in [-0.2, -0.15) is 0 Å². The molecule has 2 aromatic rings. The predicted octanol–water partition coefficient (Wildman–Crippen LogP) is 5.03. The number of thiocarbonyl (C=S) groups is 1. The molecule has 8 heteroatoms. The van der Waals surface area contributed by atoms with E-state index in [4.69, 9.17) is 35.4 Å². The minimum Gasteiger partial charge on any atom is -0.281 e. The second-order valence-corrected chi connectivity index (χ2v) is 8.26. The van der Waals surface area contributed by atoms with Crippen LogP contribution >= 0.6 is 58.5 Å². The summed E-state index contributed by atoms with van der Waals surface area (Å²) < 4.78 is 0.786. The van der Waals surface area contributed by atoms with Crippen molar-refractivity contribution in [3.63, 3.8) is 0 Å². The number of anilines is 1. The number of rotatable bonds is 2. The number of thioether (sulfide) groups is 1. The van der Waals surface area contributed by atoms with Crippen LogP contribution in [0.2, 0.25) is 9.36 Å². The SMILES string of the molecule is O=C1SC(=S)N(c2ccc(Cl)cc2)C(=O)C1=Cc1ccc(Cl)s1. The van der Waals surface area contributed by atoms with Crippen molar-refractivity contribution >= 4 is 85.6 Å². The van der Waals surface area contributed by atoms with Gasteiger partial charge in [-0.1, -0.05) is 35.4 Å². The minimum absolute atomic E-state index is 0.0667. The van der Waals surface area contributed by atoms with E-state index in [1.54, 1.807) is 42.5 Å². The molecule has 1 aromatic carbocycles. The second kappa shape index (κ2) is 6.75.